The summed E-state index contributed by atoms with van der Waals surface area (Å²) < 4.78 is 4.96. The lowest BCUT2D eigenvalue weighted by Gasteiger charge is -2.18. The molecule has 0 atom stereocenters. The number of ketones is 1. The van der Waals surface area contributed by atoms with Crippen molar-refractivity contribution in [2.45, 2.75) is 26.4 Å². The van der Waals surface area contributed by atoms with Crippen LogP contribution in [0.1, 0.15) is 31.1 Å². The summed E-state index contributed by atoms with van der Waals surface area (Å²) >= 11 is 0. The van der Waals surface area contributed by atoms with Gasteiger partial charge in [0.2, 0.25) is 0 Å². The van der Waals surface area contributed by atoms with Crippen LogP contribution < -0.4 is 5.73 Å². The summed E-state index contributed by atoms with van der Waals surface area (Å²) in [6.07, 6.45) is 0. The van der Waals surface area contributed by atoms with Crippen LogP contribution >= 0.6 is 0 Å². The molecule has 0 saturated heterocycles. The lowest BCUT2D eigenvalue weighted by molar-refractivity contribution is -0.148. The molecule has 0 aromatic heterocycles. The second-order valence-corrected chi connectivity index (χ2v) is 4.45. The number of Topliss-reactive ketones (excluding diaryl/α,β-unsaturated/α-hetero) is 1. The molecule has 0 bridgehead atoms. The summed E-state index contributed by atoms with van der Waals surface area (Å²) in [5.74, 6) is -1.51. The molecular formula is C12H15NO3. The summed E-state index contributed by atoms with van der Waals surface area (Å²) in [6, 6.07) is 6.14. The van der Waals surface area contributed by atoms with Gasteiger partial charge in [-0.25, -0.2) is 4.79 Å². The summed E-state index contributed by atoms with van der Waals surface area (Å²) in [7, 11) is 0. The van der Waals surface area contributed by atoms with Crippen LogP contribution in [0.3, 0.4) is 0 Å². The topological polar surface area (TPSA) is 69.4 Å². The van der Waals surface area contributed by atoms with Gasteiger partial charge in [0.05, 0.1) is 0 Å². The Kier molecular flexibility index (Phi) is 3.32. The molecule has 0 heterocycles. The number of ether oxygens (including phenoxy) is 1. The first-order chi connectivity index (χ1) is 7.29. The van der Waals surface area contributed by atoms with Crippen molar-refractivity contribution < 1.29 is 14.3 Å². The standard InChI is InChI=1S/C12H15NO3/c1-12(2,3)16-11(15)10(14)8-4-6-9(13)7-5-8/h4-7H,13H2,1-3H3. The lowest BCUT2D eigenvalue weighted by atomic mass is 10.1. The highest BCUT2D eigenvalue weighted by molar-refractivity contribution is 6.40. The molecule has 1 rings (SSSR count). The van der Waals surface area contributed by atoms with Gasteiger partial charge in [-0.1, -0.05) is 0 Å². The molecule has 4 heteroatoms. The first-order valence-electron chi connectivity index (χ1n) is 4.93. The van der Waals surface area contributed by atoms with Gasteiger partial charge in [0, 0.05) is 11.3 Å². The van der Waals surface area contributed by atoms with Gasteiger partial charge in [-0.3, -0.25) is 4.79 Å². The number of nitrogens with two attached hydrogens (primary N) is 1. The Morgan fingerprint density at radius 3 is 2.06 bits per heavy atom. The van der Waals surface area contributed by atoms with Gasteiger partial charge in [-0.15, -0.1) is 0 Å². The SMILES string of the molecule is CC(C)(C)OC(=O)C(=O)c1ccc(N)cc1. The Morgan fingerprint density at radius 2 is 1.62 bits per heavy atom. The van der Waals surface area contributed by atoms with Crippen LogP contribution in [0.15, 0.2) is 24.3 Å². The third-order valence-electron chi connectivity index (χ3n) is 1.76. The highest BCUT2D eigenvalue weighted by Crippen LogP contribution is 2.11. The molecule has 0 aliphatic rings. The summed E-state index contributed by atoms with van der Waals surface area (Å²) in [5.41, 5.74) is 5.63. The molecule has 0 saturated carbocycles. The highest BCUT2D eigenvalue weighted by atomic mass is 16.6. The molecule has 2 N–H and O–H groups in total. The van der Waals surface area contributed by atoms with Crippen molar-refractivity contribution in [3.8, 4) is 0 Å². The van der Waals surface area contributed by atoms with Crippen molar-refractivity contribution in [2.75, 3.05) is 5.73 Å². The summed E-state index contributed by atoms with van der Waals surface area (Å²) in [6.45, 7) is 5.13. The number of esters is 1. The maximum absolute atomic E-state index is 11.6. The van der Waals surface area contributed by atoms with Crippen molar-refractivity contribution >= 4 is 17.4 Å². The largest absolute Gasteiger partial charge is 0.454 e. The van der Waals surface area contributed by atoms with E-state index < -0.39 is 17.4 Å². The van der Waals surface area contributed by atoms with Crippen LogP contribution in [-0.2, 0) is 9.53 Å². The van der Waals surface area contributed by atoms with Crippen LogP contribution in [-0.4, -0.2) is 17.4 Å². The molecule has 0 unspecified atom stereocenters. The van der Waals surface area contributed by atoms with E-state index in [4.69, 9.17) is 10.5 Å². The van der Waals surface area contributed by atoms with Crippen molar-refractivity contribution in [2.24, 2.45) is 0 Å². The van der Waals surface area contributed by atoms with E-state index in [0.717, 1.165) is 0 Å². The molecular weight excluding hydrogens is 206 g/mol. The van der Waals surface area contributed by atoms with Crippen LogP contribution in [0.25, 0.3) is 0 Å². The number of carbonyl (C=O) groups excluding carboxylic acids is 2. The van der Waals surface area contributed by atoms with Crippen molar-refractivity contribution in [1.82, 2.24) is 0 Å². The zero-order valence-corrected chi connectivity index (χ0v) is 9.61. The molecule has 4 nitrogen and oxygen atoms in total. The zero-order valence-electron chi connectivity index (χ0n) is 9.61. The fraction of sp³-hybridized carbons (Fsp3) is 0.333. The molecule has 0 aliphatic heterocycles. The highest BCUT2D eigenvalue weighted by Gasteiger charge is 2.23. The first kappa shape index (κ1) is 12.2. The zero-order chi connectivity index (χ0) is 12.3. The number of hydrogen-bond donors (Lipinski definition) is 1. The van der Waals surface area contributed by atoms with Gasteiger partial charge in [0.15, 0.2) is 0 Å². The molecule has 0 fully saturated rings. The number of anilines is 1. The molecule has 1 aromatic carbocycles. The Balaban J connectivity index is 2.79. The molecule has 0 aliphatic carbocycles. The number of nitrogen functional groups attached to an aromatic ring is 1. The average Bonchev–Trinajstić information content (AvgIpc) is 2.15. The van der Waals surface area contributed by atoms with Crippen molar-refractivity contribution in [3.05, 3.63) is 29.8 Å². The smallest absolute Gasteiger partial charge is 0.380 e. The molecule has 0 spiro atoms. The van der Waals surface area contributed by atoms with Gasteiger partial charge in [-0.05, 0) is 45.0 Å². The Hall–Kier alpha value is -1.84. The van der Waals surface area contributed by atoms with Crippen LogP contribution in [0, 0.1) is 0 Å². The predicted molar refractivity (Wildman–Crippen MR) is 61.0 cm³/mol. The summed E-state index contributed by atoms with van der Waals surface area (Å²) in [5, 5.41) is 0. The van der Waals surface area contributed by atoms with E-state index >= 15 is 0 Å². The second-order valence-electron chi connectivity index (χ2n) is 4.45. The normalized spacial score (nSPS) is 10.9. The van der Waals surface area contributed by atoms with Crippen molar-refractivity contribution in [1.29, 1.82) is 0 Å². The van der Waals surface area contributed by atoms with E-state index in [2.05, 4.69) is 0 Å². The van der Waals surface area contributed by atoms with Gasteiger partial charge >= 0.3 is 5.97 Å². The van der Waals surface area contributed by atoms with E-state index in [9.17, 15) is 9.59 Å². The van der Waals surface area contributed by atoms with Gasteiger partial charge in [-0.2, -0.15) is 0 Å². The van der Waals surface area contributed by atoms with E-state index in [1.807, 2.05) is 0 Å². The second kappa shape index (κ2) is 4.35. The Bertz CT molecular complexity index is 401. The van der Waals surface area contributed by atoms with E-state index in [1.165, 1.54) is 12.1 Å². The van der Waals surface area contributed by atoms with Gasteiger partial charge < -0.3 is 10.5 Å². The Labute approximate surface area is 94.4 Å². The lowest BCUT2D eigenvalue weighted by Crippen LogP contribution is -2.28. The number of benzene rings is 1. The quantitative estimate of drug-likeness (QED) is 0.358. The van der Waals surface area contributed by atoms with Crippen LogP contribution in [0.4, 0.5) is 5.69 Å². The maximum atomic E-state index is 11.6. The van der Waals surface area contributed by atoms with E-state index in [-0.39, 0.29) is 5.56 Å². The fourth-order valence-corrected chi connectivity index (χ4v) is 1.08. The Morgan fingerprint density at radius 1 is 1.12 bits per heavy atom. The minimum absolute atomic E-state index is 0.281. The van der Waals surface area contributed by atoms with Crippen LogP contribution in [0.2, 0.25) is 0 Å². The van der Waals surface area contributed by atoms with Gasteiger partial charge in [0.25, 0.3) is 5.78 Å². The van der Waals surface area contributed by atoms with E-state index in [1.54, 1.807) is 32.9 Å². The maximum Gasteiger partial charge on any atom is 0.380 e. The number of rotatable bonds is 2. The minimum Gasteiger partial charge on any atom is -0.454 e. The van der Waals surface area contributed by atoms with Crippen LogP contribution in [0.5, 0.6) is 0 Å². The van der Waals surface area contributed by atoms with Crippen molar-refractivity contribution in [3.63, 3.8) is 0 Å². The third-order valence-corrected chi connectivity index (χ3v) is 1.76. The predicted octanol–water partition coefficient (Wildman–Crippen LogP) is 1.79. The number of carbonyl (C=O) groups is 2. The number of hydrogen-bond acceptors (Lipinski definition) is 4. The molecule has 0 radical (unpaired) electrons. The molecule has 86 valence electrons. The minimum atomic E-state index is -0.850. The average molecular weight is 221 g/mol. The van der Waals surface area contributed by atoms with Gasteiger partial charge in [0.1, 0.15) is 5.60 Å². The summed E-state index contributed by atoms with van der Waals surface area (Å²) in [4.78, 5) is 23.1. The monoisotopic (exact) mass is 221 g/mol. The fourth-order valence-electron chi connectivity index (χ4n) is 1.08. The first-order valence-corrected chi connectivity index (χ1v) is 4.93. The molecule has 0 amide bonds. The molecule has 16 heavy (non-hydrogen) atoms. The third kappa shape index (κ3) is 3.38. The molecule has 1 aromatic rings. The van der Waals surface area contributed by atoms with E-state index in [0.29, 0.717) is 5.69 Å².